The maximum absolute atomic E-state index is 13.9. The molecule has 2 aliphatic rings. The number of halogens is 1. The van der Waals surface area contributed by atoms with E-state index in [-0.39, 0.29) is 12.1 Å². The number of ether oxygens (including phenoxy) is 1. The third-order valence-corrected chi connectivity index (χ3v) is 8.53. The monoisotopic (exact) mass is 503 g/mol. The molecule has 1 aliphatic carbocycles. The highest BCUT2D eigenvalue weighted by atomic mass is 35.5. The first-order chi connectivity index (χ1) is 17.1. The molecule has 0 saturated carbocycles. The molecule has 0 bridgehead atoms. The Bertz CT molecular complexity index is 1390. The number of amides is 2. The summed E-state index contributed by atoms with van der Waals surface area (Å²) in [6.07, 6.45) is 6.77. The van der Waals surface area contributed by atoms with Gasteiger partial charge in [0.2, 0.25) is 0 Å². The topological polar surface area (TPSA) is 46.5 Å². The van der Waals surface area contributed by atoms with E-state index in [0.717, 1.165) is 35.5 Å². The molecule has 1 N–H and O–H groups in total. The second-order valence-corrected chi connectivity index (χ2v) is 10.6. The standard InChI is InChI=1S/C28H26ClN3O2S/c1-34-21-7-4-6-18(16-21)26-24-9-5-15-31(24)27-23(22-8-2-3-10-25(22)35-27)17-32(26)28(33)30-20-13-11-19(29)12-14-20/h4-7,9,11-16,26H,2-3,8,10,17H2,1H3,(H,30,33)/t26-/m1/s1. The molecule has 0 fully saturated rings. The van der Waals surface area contributed by atoms with Crippen LogP contribution in [-0.4, -0.2) is 22.6 Å². The molecule has 3 heterocycles. The zero-order chi connectivity index (χ0) is 23.9. The number of methoxy groups -OCH3 is 1. The van der Waals surface area contributed by atoms with Gasteiger partial charge in [0.25, 0.3) is 0 Å². The molecule has 7 heteroatoms. The maximum atomic E-state index is 13.9. The van der Waals surface area contributed by atoms with Gasteiger partial charge in [-0.2, -0.15) is 0 Å². The third kappa shape index (κ3) is 4.01. The molecule has 2 aromatic heterocycles. The number of aromatic nitrogens is 1. The lowest BCUT2D eigenvalue weighted by atomic mass is 9.95. The van der Waals surface area contributed by atoms with Crippen molar-refractivity contribution in [3.8, 4) is 10.8 Å². The van der Waals surface area contributed by atoms with Crippen LogP contribution in [0.15, 0.2) is 66.9 Å². The van der Waals surface area contributed by atoms with Crippen LogP contribution in [0.5, 0.6) is 5.75 Å². The zero-order valence-corrected chi connectivity index (χ0v) is 21.0. The summed E-state index contributed by atoms with van der Waals surface area (Å²) >= 11 is 7.96. The number of thiophene rings is 1. The fourth-order valence-corrected chi connectivity index (χ4v) is 6.81. The molecule has 0 unspecified atom stereocenters. The Balaban J connectivity index is 1.50. The summed E-state index contributed by atoms with van der Waals surface area (Å²) in [5.41, 5.74) is 5.52. The lowest BCUT2D eigenvalue weighted by molar-refractivity contribution is 0.194. The lowest BCUT2D eigenvalue weighted by Gasteiger charge is -2.31. The summed E-state index contributed by atoms with van der Waals surface area (Å²) in [4.78, 5) is 17.4. The van der Waals surface area contributed by atoms with Crippen molar-refractivity contribution >= 4 is 34.7 Å². The fraction of sp³-hybridized carbons (Fsp3) is 0.250. The first kappa shape index (κ1) is 22.3. The number of rotatable bonds is 3. The minimum absolute atomic E-state index is 0.142. The molecule has 2 aromatic carbocycles. The van der Waals surface area contributed by atoms with Gasteiger partial charge in [0, 0.05) is 27.3 Å². The van der Waals surface area contributed by atoms with Crippen molar-refractivity contribution in [3.63, 3.8) is 0 Å². The first-order valence-corrected chi connectivity index (χ1v) is 13.1. The van der Waals surface area contributed by atoms with Gasteiger partial charge in [-0.05, 0) is 85.3 Å². The predicted octanol–water partition coefficient (Wildman–Crippen LogP) is 7.22. The fourth-order valence-electron chi connectivity index (χ4n) is 5.28. The van der Waals surface area contributed by atoms with Crippen molar-refractivity contribution in [1.29, 1.82) is 0 Å². The Hall–Kier alpha value is -3.22. The summed E-state index contributed by atoms with van der Waals surface area (Å²) in [5, 5.41) is 4.99. The SMILES string of the molecule is COc1cccc([C@@H]2c3cccn3-c3sc4c(c3CN2C(=O)Nc2ccc(Cl)cc2)CCCC4)c1. The Morgan fingerprint density at radius 2 is 1.89 bits per heavy atom. The van der Waals surface area contributed by atoms with E-state index >= 15 is 0 Å². The van der Waals surface area contributed by atoms with Crippen molar-refractivity contribution in [2.24, 2.45) is 0 Å². The molecule has 1 aliphatic heterocycles. The van der Waals surface area contributed by atoms with Crippen LogP contribution in [0.2, 0.25) is 5.02 Å². The molecule has 0 saturated heterocycles. The quantitative estimate of drug-likeness (QED) is 0.321. The van der Waals surface area contributed by atoms with Crippen LogP contribution in [-0.2, 0) is 19.4 Å². The number of aryl methyl sites for hydroxylation is 1. The largest absolute Gasteiger partial charge is 0.497 e. The van der Waals surface area contributed by atoms with Crippen LogP contribution >= 0.6 is 22.9 Å². The number of hydrogen-bond donors (Lipinski definition) is 1. The van der Waals surface area contributed by atoms with E-state index in [9.17, 15) is 4.79 Å². The predicted molar refractivity (Wildman–Crippen MR) is 141 cm³/mol. The first-order valence-electron chi connectivity index (χ1n) is 11.9. The van der Waals surface area contributed by atoms with E-state index in [1.165, 1.54) is 33.8 Å². The van der Waals surface area contributed by atoms with E-state index in [2.05, 4.69) is 34.3 Å². The second-order valence-electron chi connectivity index (χ2n) is 9.04. The van der Waals surface area contributed by atoms with Crippen LogP contribution in [0.25, 0.3) is 5.00 Å². The average Bonchev–Trinajstić information content (AvgIpc) is 3.47. The van der Waals surface area contributed by atoms with Crippen LogP contribution in [0.1, 0.15) is 46.1 Å². The zero-order valence-electron chi connectivity index (χ0n) is 19.5. The van der Waals surface area contributed by atoms with Gasteiger partial charge in [0.1, 0.15) is 10.8 Å². The number of anilines is 1. The maximum Gasteiger partial charge on any atom is 0.322 e. The van der Waals surface area contributed by atoms with Gasteiger partial charge in [-0.3, -0.25) is 0 Å². The van der Waals surface area contributed by atoms with Gasteiger partial charge in [0.15, 0.2) is 0 Å². The molecule has 178 valence electrons. The molecular formula is C28H26ClN3O2S. The molecule has 35 heavy (non-hydrogen) atoms. The summed E-state index contributed by atoms with van der Waals surface area (Å²) in [6, 6.07) is 19.0. The van der Waals surface area contributed by atoms with E-state index in [0.29, 0.717) is 11.6 Å². The molecule has 0 radical (unpaired) electrons. The molecule has 1 atom stereocenters. The smallest absolute Gasteiger partial charge is 0.322 e. The Morgan fingerprint density at radius 1 is 1.06 bits per heavy atom. The molecule has 2 amide bonds. The van der Waals surface area contributed by atoms with Crippen LogP contribution in [0.3, 0.4) is 0 Å². The van der Waals surface area contributed by atoms with Crippen molar-refractivity contribution in [1.82, 2.24) is 9.47 Å². The molecule has 6 rings (SSSR count). The summed E-state index contributed by atoms with van der Waals surface area (Å²) in [6.45, 7) is 0.546. The number of benzene rings is 2. The number of carbonyl (C=O) groups excluding carboxylic acids is 1. The van der Waals surface area contributed by atoms with Crippen LogP contribution < -0.4 is 10.1 Å². The van der Waals surface area contributed by atoms with E-state index in [1.807, 2.05) is 46.6 Å². The number of urea groups is 1. The second kappa shape index (κ2) is 9.10. The number of nitrogens with zero attached hydrogens (tertiary/aromatic N) is 2. The van der Waals surface area contributed by atoms with Crippen LogP contribution in [0, 0.1) is 0 Å². The van der Waals surface area contributed by atoms with Crippen LogP contribution in [0.4, 0.5) is 10.5 Å². The van der Waals surface area contributed by atoms with E-state index in [1.54, 1.807) is 19.2 Å². The van der Waals surface area contributed by atoms with Gasteiger partial charge < -0.3 is 19.5 Å². The van der Waals surface area contributed by atoms with Crippen molar-refractivity contribution in [2.45, 2.75) is 38.3 Å². The normalized spacial score (nSPS) is 16.6. The summed E-state index contributed by atoms with van der Waals surface area (Å²) in [5.74, 6) is 0.773. The van der Waals surface area contributed by atoms with E-state index in [4.69, 9.17) is 16.3 Å². The minimum atomic E-state index is -0.272. The number of nitrogens with one attached hydrogen (secondary N) is 1. The van der Waals surface area contributed by atoms with E-state index < -0.39 is 0 Å². The van der Waals surface area contributed by atoms with Crippen molar-refractivity contribution in [2.75, 3.05) is 12.4 Å². The van der Waals surface area contributed by atoms with Crippen molar-refractivity contribution in [3.05, 3.63) is 99.1 Å². The Labute approximate surface area is 213 Å². The number of carbonyl (C=O) groups is 1. The highest BCUT2D eigenvalue weighted by molar-refractivity contribution is 7.15. The average molecular weight is 504 g/mol. The van der Waals surface area contributed by atoms with Gasteiger partial charge in [-0.25, -0.2) is 4.79 Å². The van der Waals surface area contributed by atoms with Crippen molar-refractivity contribution < 1.29 is 9.53 Å². The Morgan fingerprint density at radius 3 is 2.71 bits per heavy atom. The highest BCUT2D eigenvalue weighted by Gasteiger charge is 2.36. The van der Waals surface area contributed by atoms with Gasteiger partial charge in [-0.15, -0.1) is 11.3 Å². The summed E-state index contributed by atoms with van der Waals surface area (Å²) in [7, 11) is 1.67. The molecule has 5 nitrogen and oxygen atoms in total. The third-order valence-electron chi connectivity index (χ3n) is 6.94. The Kier molecular flexibility index (Phi) is 5.78. The molecule has 4 aromatic rings. The molecular weight excluding hydrogens is 478 g/mol. The summed E-state index contributed by atoms with van der Waals surface area (Å²) < 4.78 is 7.82. The lowest BCUT2D eigenvalue weighted by Crippen LogP contribution is -2.38. The van der Waals surface area contributed by atoms with Gasteiger partial charge in [0.05, 0.1) is 25.4 Å². The minimum Gasteiger partial charge on any atom is -0.497 e. The van der Waals surface area contributed by atoms with Gasteiger partial charge >= 0.3 is 6.03 Å². The highest BCUT2D eigenvalue weighted by Crippen LogP contribution is 2.44. The number of fused-ring (bicyclic) bond motifs is 5. The molecule has 0 spiro atoms. The van der Waals surface area contributed by atoms with Gasteiger partial charge in [-0.1, -0.05) is 23.7 Å². The number of hydrogen-bond acceptors (Lipinski definition) is 3.